The van der Waals surface area contributed by atoms with E-state index in [4.69, 9.17) is 0 Å². The predicted molar refractivity (Wildman–Crippen MR) is 100 cm³/mol. The summed E-state index contributed by atoms with van der Waals surface area (Å²) in [6.45, 7) is 1.94. The third-order valence-electron chi connectivity index (χ3n) is 3.85. The van der Waals surface area contributed by atoms with E-state index in [1.165, 1.54) is 22.4 Å². The molecule has 3 aromatic rings. The largest absolute Gasteiger partial charge is 0.416 e. The molecule has 0 bridgehead atoms. The van der Waals surface area contributed by atoms with Crippen molar-refractivity contribution in [2.75, 3.05) is 5.75 Å². The average Bonchev–Trinajstić information content (AvgIpc) is 3.09. The number of amides is 1. The molecule has 5 nitrogen and oxygen atoms in total. The average molecular weight is 406 g/mol. The lowest BCUT2D eigenvalue weighted by Crippen LogP contribution is -2.24. The van der Waals surface area contributed by atoms with Crippen LogP contribution >= 0.6 is 11.8 Å². The number of hydrogen-bond donors (Lipinski definition) is 1. The summed E-state index contributed by atoms with van der Waals surface area (Å²) in [6.07, 6.45) is -4.45. The van der Waals surface area contributed by atoms with Gasteiger partial charge in [0.1, 0.15) is 0 Å². The van der Waals surface area contributed by atoms with Crippen LogP contribution in [0.3, 0.4) is 0 Å². The first-order chi connectivity index (χ1) is 13.4. The highest BCUT2D eigenvalue weighted by Crippen LogP contribution is 2.31. The first-order valence-corrected chi connectivity index (χ1v) is 9.46. The molecule has 1 amide bonds. The Hall–Kier alpha value is -2.81. The van der Waals surface area contributed by atoms with Gasteiger partial charge in [-0.3, -0.25) is 9.36 Å². The van der Waals surface area contributed by atoms with E-state index in [1.807, 2.05) is 6.92 Å². The van der Waals surface area contributed by atoms with Crippen LogP contribution in [0, 0.1) is 0 Å². The fourth-order valence-corrected chi connectivity index (χ4v) is 3.27. The van der Waals surface area contributed by atoms with Gasteiger partial charge in [-0.25, -0.2) is 0 Å². The molecule has 0 atom stereocenters. The quantitative estimate of drug-likeness (QED) is 0.619. The topological polar surface area (TPSA) is 59.8 Å². The van der Waals surface area contributed by atoms with Crippen molar-refractivity contribution < 1.29 is 18.0 Å². The minimum Gasteiger partial charge on any atom is -0.345 e. The number of carbonyl (C=O) groups is 1. The van der Waals surface area contributed by atoms with E-state index in [-0.39, 0.29) is 12.5 Å². The SMILES string of the molecule is CCSc1nnc(CNC(=O)c2ccccc2)n1-c1cccc(C(F)(F)F)c1. The number of halogens is 3. The van der Waals surface area contributed by atoms with Gasteiger partial charge >= 0.3 is 6.18 Å². The second-order valence-corrected chi connectivity index (χ2v) is 7.00. The van der Waals surface area contributed by atoms with Crippen molar-refractivity contribution in [2.24, 2.45) is 0 Å². The Balaban J connectivity index is 1.90. The predicted octanol–water partition coefficient (Wildman–Crippen LogP) is 4.33. The van der Waals surface area contributed by atoms with E-state index < -0.39 is 11.7 Å². The van der Waals surface area contributed by atoms with Crippen molar-refractivity contribution in [3.63, 3.8) is 0 Å². The van der Waals surface area contributed by atoms with Crippen LogP contribution in [0.1, 0.15) is 28.7 Å². The summed E-state index contributed by atoms with van der Waals surface area (Å²) in [5.74, 6) is 0.719. The Bertz CT molecular complexity index is 957. The number of hydrogen-bond acceptors (Lipinski definition) is 4. The van der Waals surface area contributed by atoms with Crippen molar-refractivity contribution >= 4 is 17.7 Å². The molecule has 0 saturated heterocycles. The maximum absolute atomic E-state index is 13.1. The monoisotopic (exact) mass is 406 g/mol. The first kappa shape index (κ1) is 19.9. The number of alkyl halides is 3. The molecule has 1 heterocycles. The van der Waals surface area contributed by atoms with Gasteiger partial charge in [0.25, 0.3) is 5.91 Å². The van der Waals surface area contributed by atoms with Gasteiger partial charge in [0.05, 0.1) is 17.8 Å². The Morgan fingerprint density at radius 3 is 2.54 bits per heavy atom. The van der Waals surface area contributed by atoms with Crippen molar-refractivity contribution in [3.8, 4) is 5.69 Å². The normalized spacial score (nSPS) is 11.4. The molecule has 2 aromatic carbocycles. The number of nitrogens with one attached hydrogen (secondary N) is 1. The zero-order valence-electron chi connectivity index (χ0n) is 14.9. The lowest BCUT2D eigenvalue weighted by molar-refractivity contribution is -0.137. The highest BCUT2D eigenvalue weighted by Gasteiger charge is 2.31. The fourth-order valence-electron chi connectivity index (χ4n) is 2.57. The van der Waals surface area contributed by atoms with Crippen LogP contribution in [0.4, 0.5) is 13.2 Å². The van der Waals surface area contributed by atoms with E-state index in [0.717, 1.165) is 12.1 Å². The lowest BCUT2D eigenvalue weighted by Gasteiger charge is -2.13. The van der Waals surface area contributed by atoms with Crippen LogP contribution in [0.5, 0.6) is 0 Å². The van der Waals surface area contributed by atoms with Gasteiger partial charge in [-0.2, -0.15) is 13.2 Å². The summed E-state index contributed by atoms with van der Waals surface area (Å²) < 4.78 is 40.8. The summed E-state index contributed by atoms with van der Waals surface area (Å²) >= 11 is 1.36. The van der Waals surface area contributed by atoms with Gasteiger partial charge in [0, 0.05) is 5.56 Å². The van der Waals surface area contributed by atoms with Gasteiger partial charge in [0.15, 0.2) is 11.0 Å². The van der Waals surface area contributed by atoms with Crippen molar-refractivity contribution in [3.05, 3.63) is 71.5 Å². The van der Waals surface area contributed by atoms with Crippen LogP contribution in [-0.4, -0.2) is 26.4 Å². The maximum atomic E-state index is 13.1. The molecular weight excluding hydrogens is 389 g/mol. The molecule has 9 heteroatoms. The Kier molecular flexibility index (Phi) is 6.03. The van der Waals surface area contributed by atoms with Crippen LogP contribution < -0.4 is 5.32 Å². The molecular formula is C19H17F3N4OS. The molecule has 3 rings (SSSR count). The third-order valence-corrected chi connectivity index (χ3v) is 4.66. The minimum absolute atomic E-state index is 0.0290. The van der Waals surface area contributed by atoms with E-state index in [9.17, 15) is 18.0 Å². The van der Waals surface area contributed by atoms with Crippen LogP contribution in [0.25, 0.3) is 5.69 Å². The van der Waals surface area contributed by atoms with Crippen LogP contribution in [0.15, 0.2) is 59.8 Å². The molecule has 0 saturated carbocycles. The highest BCUT2D eigenvalue weighted by atomic mass is 32.2. The van der Waals surface area contributed by atoms with Crippen molar-refractivity contribution in [1.82, 2.24) is 20.1 Å². The van der Waals surface area contributed by atoms with E-state index in [2.05, 4.69) is 15.5 Å². The fraction of sp³-hybridized carbons (Fsp3) is 0.211. The van der Waals surface area contributed by atoms with E-state index in [0.29, 0.717) is 28.0 Å². The molecule has 0 radical (unpaired) electrons. The lowest BCUT2D eigenvalue weighted by atomic mass is 10.2. The Morgan fingerprint density at radius 2 is 1.86 bits per heavy atom. The molecule has 0 aliphatic heterocycles. The Morgan fingerprint density at radius 1 is 1.11 bits per heavy atom. The zero-order valence-corrected chi connectivity index (χ0v) is 15.7. The van der Waals surface area contributed by atoms with Crippen molar-refractivity contribution in [2.45, 2.75) is 24.8 Å². The van der Waals surface area contributed by atoms with E-state index in [1.54, 1.807) is 36.4 Å². The molecule has 0 aliphatic rings. The van der Waals surface area contributed by atoms with Gasteiger partial charge in [-0.15, -0.1) is 10.2 Å². The molecule has 1 N–H and O–H groups in total. The molecule has 0 aliphatic carbocycles. The molecule has 1 aromatic heterocycles. The minimum atomic E-state index is -4.45. The third kappa shape index (κ3) is 4.53. The standard InChI is InChI=1S/C19H17F3N4OS/c1-2-28-18-25-24-16(12-23-17(27)13-7-4-3-5-8-13)26(18)15-10-6-9-14(11-15)19(20,21)22/h3-11H,2,12H2,1H3,(H,23,27). The first-order valence-electron chi connectivity index (χ1n) is 8.48. The summed E-state index contributed by atoms with van der Waals surface area (Å²) in [5, 5.41) is 11.3. The molecule has 0 fully saturated rings. The summed E-state index contributed by atoms with van der Waals surface area (Å²) in [4.78, 5) is 12.3. The second-order valence-electron chi connectivity index (χ2n) is 5.76. The molecule has 0 spiro atoms. The van der Waals surface area contributed by atoms with Gasteiger partial charge in [0.2, 0.25) is 0 Å². The number of carbonyl (C=O) groups excluding carboxylic acids is 1. The number of thioether (sulfide) groups is 1. The number of rotatable bonds is 6. The van der Waals surface area contributed by atoms with Crippen LogP contribution in [-0.2, 0) is 12.7 Å². The van der Waals surface area contributed by atoms with E-state index >= 15 is 0 Å². The van der Waals surface area contributed by atoms with Gasteiger partial charge in [-0.05, 0) is 36.1 Å². The zero-order chi connectivity index (χ0) is 20.1. The van der Waals surface area contributed by atoms with Crippen LogP contribution in [0.2, 0.25) is 0 Å². The van der Waals surface area contributed by atoms with Crippen molar-refractivity contribution in [1.29, 1.82) is 0 Å². The van der Waals surface area contributed by atoms with Gasteiger partial charge < -0.3 is 5.32 Å². The number of nitrogens with zero attached hydrogens (tertiary/aromatic N) is 3. The number of benzene rings is 2. The molecule has 146 valence electrons. The molecule has 0 unspecified atom stereocenters. The Labute approximate surface area is 164 Å². The maximum Gasteiger partial charge on any atom is 0.416 e. The summed E-state index contributed by atoms with van der Waals surface area (Å²) in [7, 11) is 0. The number of aromatic nitrogens is 3. The molecule has 28 heavy (non-hydrogen) atoms. The highest BCUT2D eigenvalue weighted by molar-refractivity contribution is 7.99. The smallest absolute Gasteiger partial charge is 0.345 e. The summed E-state index contributed by atoms with van der Waals surface area (Å²) in [6, 6.07) is 13.6. The summed E-state index contributed by atoms with van der Waals surface area (Å²) in [5.41, 5.74) is 0.0148. The van der Waals surface area contributed by atoms with Gasteiger partial charge in [-0.1, -0.05) is 43.0 Å². The second kappa shape index (κ2) is 8.47.